The Morgan fingerprint density at radius 2 is 2.04 bits per heavy atom. The van der Waals surface area contributed by atoms with E-state index in [4.69, 9.17) is 4.74 Å². The van der Waals surface area contributed by atoms with Crippen LogP contribution in [0.25, 0.3) is 10.8 Å². The summed E-state index contributed by atoms with van der Waals surface area (Å²) in [4.78, 5) is 26.7. The van der Waals surface area contributed by atoms with Gasteiger partial charge in [-0.1, -0.05) is 24.3 Å². The summed E-state index contributed by atoms with van der Waals surface area (Å²) in [7, 11) is 1.39. The standard InChI is InChI=1S/C20H25N3O3/c1-13(2)22-19(24)18-12-23(9-8-21-18)15-10-14-6-4-5-7-16(14)17(11-15)20(25)26-3/h4-7,10-11,13,18,21H,8-9,12H2,1-3H3,(H,22,24)/t18-/m0/s1. The summed E-state index contributed by atoms with van der Waals surface area (Å²) < 4.78 is 4.96. The maximum absolute atomic E-state index is 12.3. The Bertz CT molecular complexity index is 819. The molecule has 1 amide bonds. The van der Waals surface area contributed by atoms with Crippen molar-refractivity contribution in [1.29, 1.82) is 0 Å². The molecular weight excluding hydrogens is 330 g/mol. The molecule has 0 saturated carbocycles. The van der Waals surface area contributed by atoms with Crippen LogP contribution in [0.15, 0.2) is 36.4 Å². The summed E-state index contributed by atoms with van der Waals surface area (Å²) in [5.74, 6) is -0.356. The number of nitrogens with zero attached hydrogens (tertiary/aromatic N) is 1. The van der Waals surface area contributed by atoms with Crippen LogP contribution in [-0.2, 0) is 9.53 Å². The number of methoxy groups -OCH3 is 1. The summed E-state index contributed by atoms with van der Waals surface area (Å²) in [5, 5.41) is 8.06. The second-order valence-corrected chi connectivity index (χ2v) is 6.82. The molecule has 1 fully saturated rings. The monoisotopic (exact) mass is 355 g/mol. The topological polar surface area (TPSA) is 70.7 Å². The minimum atomic E-state index is -0.354. The number of hydrogen-bond acceptors (Lipinski definition) is 5. The Hall–Kier alpha value is -2.60. The number of ether oxygens (including phenoxy) is 1. The maximum atomic E-state index is 12.3. The predicted molar refractivity (Wildman–Crippen MR) is 103 cm³/mol. The number of carbonyl (C=O) groups is 2. The first-order valence-electron chi connectivity index (χ1n) is 8.89. The molecule has 0 radical (unpaired) electrons. The molecule has 3 rings (SSSR count). The lowest BCUT2D eigenvalue weighted by Crippen LogP contribution is -2.58. The van der Waals surface area contributed by atoms with Gasteiger partial charge in [-0.05, 0) is 36.8 Å². The van der Waals surface area contributed by atoms with Crippen LogP contribution in [0.4, 0.5) is 5.69 Å². The summed E-state index contributed by atoms with van der Waals surface area (Å²) in [6, 6.07) is 11.5. The van der Waals surface area contributed by atoms with Gasteiger partial charge in [-0.15, -0.1) is 0 Å². The van der Waals surface area contributed by atoms with Crippen molar-refractivity contribution in [3.63, 3.8) is 0 Å². The smallest absolute Gasteiger partial charge is 0.338 e. The van der Waals surface area contributed by atoms with E-state index < -0.39 is 0 Å². The van der Waals surface area contributed by atoms with Crippen LogP contribution in [0.2, 0.25) is 0 Å². The normalized spacial score (nSPS) is 17.4. The van der Waals surface area contributed by atoms with Crippen molar-refractivity contribution in [2.45, 2.75) is 25.9 Å². The predicted octanol–water partition coefficient (Wildman–Crippen LogP) is 1.93. The molecule has 6 nitrogen and oxygen atoms in total. The van der Waals surface area contributed by atoms with Crippen molar-refractivity contribution >= 4 is 28.3 Å². The average Bonchev–Trinajstić information content (AvgIpc) is 2.66. The lowest BCUT2D eigenvalue weighted by atomic mass is 10.0. The Kier molecular flexibility index (Phi) is 5.42. The van der Waals surface area contributed by atoms with Crippen LogP contribution in [0.5, 0.6) is 0 Å². The van der Waals surface area contributed by atoms with Gasteiger partial charge in [-0.25, -0.2) is 4.79 Å². The Morgan fingerprint density at radius 3 is 2.77 bits per heavy atom. The molecule has 2 aromatic carbocycles. The molecule has 0 aromatic heterocycles. The highest BCUT2D eigenvalue weighted by Crippen LogP contribution is 2.27. The highest BCUT2D eigenvalue weighted by Gasteiger charge is 2.26. The number of carbonyl (C=O) groups excluding carboxylic acids is 2. The van der Waals surface area contributed by atoms with Gasteiger partial charge in [0.05, 0.1) is 12.7 Å². The number of hydrogen-bond donors (Lipinski definition) is 2. The van der Waals surface area contributed by atoms with Crippen molar-refractivity contribution in [2.24, 2.45) is 0 Å². The SMILES string of the molecule is COC(=O)c1cc(N2CCN[C@H](C(=O)NC(C)C)C2)cc2ccccc12. The van der Waals surface area contributed by atoms with Gasteiger partial charge in [0, 0.05) is 31.4 Å². The second-order valence-electron chi connectivity index (χ2n) is 6.82. The van der Waals surface area contributed by atoms with Crippen molar-refractivity contribution in [3.8, 4) is 0 Å². The number of esters is 1. The summed E-state index contributed by atoms with van der Waals surface area (Å²) in [5.41, 5.74) is 1.47. The number of fused-ring (bicyclic) bond motifs is 1. The molecule has 1 saturated heterocycles. The van der Waals surface area contributed by atoms with E-state index >= 15 is 0 Å². The van der Waals surface area contributed by atoms with Gasteiger partial charge in [0.15, 0.2) is 0 Å². The largest absolute Gasteiger partial charge is 0.465 e. The third-order valence-corrected chi connectivity index (χ3v) is 4.54. The minimum absolute atomic E-state index is 0.00122. The van der Waals surface area contributed by atoms with Gasteiger partial charge >= 0.3 is 5.97 Å². The molecule has 0 aliphatic carbocycles. The number of anilines is 1. The summed E-state index contributed by atoms with van der Waals surface area (Å²) >= 11 is 0. The van der Waals surface area contributed by atoms with Crippen molar-refractivity contribution in [1.82, 2.24) is 10.6 Å². The Morgan fingerprint density at radius 1 is 1.27 bits per heavy atom. The lowest BCUT2D eigenvalue weighted by Gasteiger charge is -2.35. The molecule has 1 aliphatic rings. The number of amides is 1. The van der Waals surface area contributed by atoms with Crippen LogP contribution in [0, 0.1) is 0 Å². The average molecular weight is 355 g/mol. The van der Waals surface area contributed by atoms with E-state index in [0.717, 1.165) is 23.0 Å². The number of rotatable bonds is 4. The Balaban J connectivity index is 1.92. The van der Waals surface area contributed by atoms with E-state index in [1.807, 2.05) is 44.2 Å². The van der Waals surface area contributed by atoms with Crippen molar-refractivity contribution in [3.05, 3.63) is 42.0 Å². The van der Waals surface area contributed by atoms with E-state index in [1.165, 1.54) is 7.11 Å². The fourth-order valence-electron chi connectivity index (χ4n) is 3.30. The third kappa shape index (κ3) is 3.80. The molecule has 6 heteroatoms. The molecule has 0 unspecified atom stereocenters. The lowest BCUT2D eigenvalue weighted by molar-refractivity contribution is -0.123. The zero-order chi connectivity index (χ0) is 18.7. The minimum Gasteiger partial charge on any atom is -0.465 e. The second kappa shape index (κ2) is 7.74. The van der Waals surface area contributed by atoms with E-state index in [0.29, 0.717) is 18.7 Å². The van der Waals surface area contributed by atoms with Crippen LogP contribution >= 0.6 is 0 Å². The van der Waals surface area contributed by atoms with Gasteiger partial charge in [0.1, 0.15) is 6.04 Å². The van der Waals surface area contributed by atoms with Gasteiger partial charge < -0.3 is 20.3 Å². The number of nitrogens with one attached hydrogen (secondary N) is 2. The first-order chi connectivity index (χ1) is 12.5. The zero-order valence-corrected chi connectivity index (χ0v) is 15.4. The summed E-state index contributed by atoms with van der Waals surface area (Å²) in [6.07, 6.45) is 0. The fraction of sp³-hybridized carbons (Fsp3) is 0.400. The Labute approximate surface area is 153 Å². The van der Waals surface area contributed by atoms with E-state index in [2.05, 4.69) is 21.6 Å². The quantitative estimate of drug-likeness (QED) is 0.820. The van der Waals surface area contributed by atoms with Crippen LogP contribution in [0.1, 0.15) is 24.2 Å². The molecule has 2 N–H and O–H groups in total. The molecule has 0 bridgehead atoms. The van der Waals surface area contributed by atoms with Crippen LogP contribution in [0.3, 0.4) is 0 Å². The molecule has 138 valence electrons. The van der Waals surface area contributed by atoms with E-state index in [-0.39, 0.29) is 24.0 Å². The zero-order valence-electron chi connectivity index (χ0n) is 15.4. The number of piperazine rings is 1. The van der Waals surface area contributed by atoms with E-state index in [1.54, 1.807) is 0 Å². The first kappa shape index (κ1) is 18.2. The van der Waals surface area contributed by atoms with Gasteiger partial charge in [0.2, 0.25) is 5.91 Å². The fourth-order valence-corrected chi connectivity index (χ4v) is 3.30. The molecule has 2 aromatic rings. The van der Waals surface area contributed by atoms with E-state index in [9.17, 15) is 9.59 Å². The van der Waals surface area contributed by atoms with Gasteiger partial charge in [-0.3, -0.25) is 4.79 Å². The molecular formula is C20H25N3O3. The van der Waals surface area contributed by atoms with Gasteiger partial charge in [0.25, 0.3) is 0 Å². The molecule has 1 aliphatic heterocycles. The van der Waals surface area contributed by atoms with Gasteiger partial charge in [-0.2, -0.15) is 0 Å². The summed E-state index contributed by atoms with van der Waals surface area (Å²) in [6.45, 7) is 5.92. The molecule has 0 spiro atoms. The van der Waals surface area contributed by atoms with Crippen molar-refractivity contribution < 1.29 is 14.3 Å². The molecule has 26 heavy (non-hydrogen) atoms. The maximum Gasteiger partial charge on any atom is 0.338 e. The van der Waals surface area contributed by atoms with Crippen LogP contribution < -0.4 is 15.5 Å². The molecule has 1 heterocycles. The van der Waals surface area contributed by atoms with Crippen LogP contribution in [-0.4, -0.2) is 50.7 Å². The molecule has 1 atom stereocenters. The first-order valence-corrected chi connectivity index (χ1v) is 8.89. The number of benzene rings is 2. The highest BCUT2D eigenvalue weighted by atomic mass is 16.5. The highest BCUT2D eigenvalue weighted by molar-refractivity contribution is 6.06. The third-order valence-electron chi connectivity index (χ3n) is 4.54. The van der Waals surface area contributed by atoms with Crippen molar-refractivity contribution in [2.75, 3.05) is 31.6 Å².